The van der Waals surface area contributed by atoms with Crippen LogP contribution in [0.1, 0.15) is 132 Å². The van der Waals surface area contributed by atoms with Crippen molar-refractivity contribution in [3.63, 3.8) is 0 Å². The number of guanidine groups is 1. The van der Waals surface area contributed by atoms with Crippen LogP contribution in [0.15, 0.2) is 114 Å². The highest BCUT2D eigenvalue weighted by Crippen LogP contribution is 2.45. The summed E-state index contributed by atoms with van der Waals surface area (Å²) in [5, 5.41) is 11.3. The second-order valence-corrected chi connectivity index (χ2v) is 23.5. The van der Waals surface area contributed by atoms with Gasteiger partial charge in [0.1, 0.15) is 30.3 Å². The molecule has 2 fully saturated rings. The average molecular weight is 1170 g/mol. The SMILES string of the molecule is CN[C@@H](Cc1ccccc1)C(=O)N[C@@H](CCCCN)C(=O)N1CCC[C@H]1C(=O)N[C@@H](Cc1ccccc1)C(=O)N(C(=O)[C@H](N)CC1CCCCC1)[C@](C=O)(CCCN=C(N)NC(=O)OC(C)(C)C)C(=O)OCC1c2ccccc2-c2ccccc21. The van der Waals surface area contributed by atoms with Gasteiger partial charge in [-0.1, -0.05) is 141 Å². The van der Waals surface area contributed by atoms with Gasteiger partial charge in [0, 0.05) is 25.4 Å². The first-order valence-electron chi connectivity index (χ1n) is 30.0. The lowest BCUT2D eigenvalue weighted by molar-refractivity contribution is -0.173. The normalized spacial score (nSPS) is 17.4. The number of benzene rings is 4. The van der Waals surface area contributed by atoms with Crippen molar-refractivity contribution >= 4 is 53.8 Å². The van der Waals surface area contributed by atoms with E-state index in [2.05, 4.69) is 26.3 Å². The Bertz CT molecular complexity index is 2920. The Labute approximate surface area is 499 Å². The summed E-state index contributed by atoms with van der Waals surface area (Å²) in [4.78, 5) is 125. The molecular weight excluding hydrogens is 1080 g/mol. The fourth-order valence-electron chi connectivity index (χ4n) is 11.9. The number of alkyl carbamates (subject to hydrolysis) is 1. The van der Waals surface area contributed by atoms with Gasteiger partial charge in [0.15, 0.2) is 12.2 Å². The Morgan fingerprint density at radius 1 is 0.741 bits per heavy atom. The lowest BCUT2D eigenvalue weighted by Gasteiger charge is -2.40. The molecule has 0 unspecified atom stereocenters. The molecule has 6 amide bonds. The van der Waals surface area contributed by atoms with Crippen LogP contribution in [-0.4, -0.2) is 138 Å². The molecule has 6 atom stereocenters. The molecule has 20 nitrogen and oxygen atoms in total. The van der Waals surface area contributed by atoms with Crippen LogP contribution < -0.4 is 38.5 Å². The number of ether oxygens (including phenoxy) is 2. The molecule has 0 radical (unpaired) electrons. The maximum Gasteiger partial charge on any atom is 0.414 e. The van der Waals surface area contributed by atoms with Gasteiger partial charge in [-0.3, -0.25) is 39.2 Å². The third-order valence-electron chi connectivity index (χ3n) is 16.2. The van der Waals surface area contributed by atoms with Gasteiger partial charge in [0.05, 0.1) is 12.1 Å². The molecule has 1 aliphatic heterocycles. The molecule has 0 aromatic heterocycles. The minimum Gasteiger partial charge on any atom is -0.463 e. The minimum absolute atomic E-state index is 0.00197. The number of imide groups is 1. The van der Waals surface area contributed by atoms with E-state index in [-0.39, 0.29) is 70.0 Å². The number of nitrogens with one attached hydrogen (secondary N) is 4. The van der Waals surface area contributed by atoms with Crippen molar-refractivity contribution in [1.82, 2.24) is 31.1 Å². The second kappa shape index (κ2) is 30.8. The Balaban J connectivity index is 1.25. The van der Waals surface area contributed by atoms with Gasteiger partial charge in [0.2, 0.25) is 29.2 Å². The molecule has 1 heterocycles. The number of aldehydes is 1. The van der Waals surface area contributed by atoms with E-state index < -0.39 is 95.3 Å². The summed E-state index contributed by atoms with van der Waals surface area (Å²) in [5.41, 5.74) is 20.4. The largest absolute Gasteiger partial charge is 0.463 e. The van der Waals surface area contributed by atoms with E-state index in [0.717, 1.165) is 59.9 Å². The smallest absolute Gasteiger partial charge is 0.414 e. The third kappa shape index (κ3) is 17.2. The summed E-state index contributed by atoms with van der Waals surface area (Å²) in [6, 6.07) is 27.7. The van der Waals surface area contributed by atoms with Crippen molar-refractivity contribution < 1.29 is 47.8 Å². The van der Waals surface area contributed by atoms with Crippen molar-refractivity contribution in [2.24, 2.45) is 28.1 Å². The quantitative estimate of drug-likeness (QED) is 0.00940. The number of aliphatic imine (C=N–C) groups is 1. The average Bonchev–Trinajstić information content (AvgIpc) is 1.97. The number of unbranched alkanes of at least 4 members (excludes halogenated alkanes) is 1. The predicted molar refractivity (Wildman–Crippen MR) is 324 cm³/mol. The number of carbonyl (C=O) groups is 8. The van der Waals surface area contributed by atoms with Gasteiger partial charge in [-0.15, -0.1) is 0 Å². The molecule has 0 bridgehead atoms. The van der Waals surface area contributed by atoms with E-state index in [1.54, 1.807) is 58.2 Å². The van der Waals surface area contributed by atoms with Crippen LogP contribution in [0.5, 0.6) is 0 Å². The molecule has 85 heavy (non-hydrogen) atoms. The van der Waals surface area contributed by atoms with Gasteiger partial charge in [0.25, 0.3) is 5.91 Å². The lowest BCUT2D eigenvalue weighted by atomic mass is 9.84. The van der Waals surface area contributed by atoms with Gasteiger partial charge in [-0.05, 0) is 131 Å². The zero-order chi connectivity index (χ0) is 61.1. The number of hydrogen-bond donors (Lipinski definition) is 7. The van der Waals surface area contributed by atoms with Crippen LogP contribution >= 0.6 is 0 Å². The summed E-state index contributed by atoms with van der Waals surface area (Å²) in [7, 11) is 1.67. The summed E-state index contributed by atoms with van der Waals surface area (Å²) >= 11 is 0. The summed E-state index contributed by atoms with van der Waals surface area (Å²) in [6.45, 7) is 5.05. The molecule has 0 spiro atoms. The van der Waals surface area contributed by atoms with Crippen LogP contribution in [-0.2, 0) is 55.9 Å². The number of carbonyl (C=O) groups excluding carboxylic acids is 8. The van der Waals surface area contributed by atoms with Crippen LogP contribution in [0.4, 0.5) is 4.79 Å². The Hall–Kier alpha value is -7.81. The van der Waals surface area contributed by atoms with E-state index in [0.29, 0.717) is 42.7 Å². The molecular formula is C65H86N10O10. The number of hydrogen-bond acceptors (Lipinski definition) is 14. The van der Waals surface area contributed by atoms with E-state index in [9.17, 15) is 19.2 Å². The van der Waals surface area contributed by atoms with E-state index in [1.165, 1.54) is 4.90 Å². The first kappa shape index (κ1) is 64.7. The first-order chi connectivity index (χ1) is 40.9. The van der Waals surface area contributed by atoms with E-state index >= 15 is 19.2 Å². The van der Waals surface area contributed by atoms with Gasteiger partial charge in [-0.2, -0.15) is 0 Å². The monoisotopic (exact) mass is 1170 g/mol. The maximum atomic E-state index is 16.1. The van der Waals surface area contributed by atoms with Crippen molar-refractivity contribution in [2.75, 3.05) is 33.3 Å². The molecule has 456 valence electrons. The minimum atomic E-state index is -2.71. The summed E-state index contributed by atoms with van der Waals surface area (Å²) in [6.07, 6.45) is 5.24. The third-order valence-corrected chi connectivity index (χ3v) is 16.2. The molecule has 2 aliphatic carbocycles. The molecule has 4 aromatic rings. The van der Waals surface area contributed by atoms with Gasteiger partial charge < -0.3 is 52.3 Å². The number of likely N-dealkylation sites (N-methyl/N-ethyl adjacent to an activating group) is 1. The van der Waals surface area contributed by atoms with Crippen LogP contribution in [0.25, 0.3) is 11.1 Å². The molecule has 1 saturated carbocycles. The topological polar surface area (TPSA) is 300 Å². The van der Waals surface area contributed by atoms with Crippen molar-refractivity contribution in [3.8, 4) is 11.1 Å². The first-order valence-corrected chi connectivity index (χ1v) is 30.0. The van der Waals surface area contributed by atoms with Crippen LogP contribution in [0, 0.1) is 5.92 Å². The molecule has 20 heteroatoms. The van der Waals surface area contributed by atoms with Gasteiger partial charge in [-0.25, -0.2) is 9.59 Å². The lowest BCUT2D eigenvalue weighted by Crippen LogP contribution is -2.68. The van der Waals surface area contributed by atoms with Crippen molar-refractivity contribution in [3.05, 3.63) is 131 Å². The highest BCUT2D eigenvalue weighted by Gasteiger charge is 2.54. The number of nitrogens with two attached hydrogens (primary N) is 3. The maximum absolute atomic E-state index is 16.1. The van der Waals surface area contributed by atoms with E-state index in [4.69, 9.17) is 26.7 Å². The molecule has 1 saturated heterocycles. The number of likely N-dealkylation sites (tertiary alicyclic amines) is 1. The molecule has 4 aromatic carbocycles. The number of fused-ring (bicyclic) bond motifs is 3. The molecule has 3 aliphatic rings. The fraction of sp³-hybridized carbons (Fsp3) is 0.492. The Morgan fingerprint density at radius 3 is 1.93 bits per heavy atom. The van der Waals surface area contributed by atoms with Crippen LogP contribution in [0.2, 0.25) is 0 Å². The van der Waals surface area contributed by atoms with Crippen LogP contribution in [0.3, 0.4) is 0 Å². The number of nitrogens with zero attached hydrogens (tertiary/aromatic N) is 3. The standard InChI is InChI=1S/C65H86N10O10/c1-64(2,3)85-63(83)73-62(68)70-36-21-34-65(42-76,61(82)84-41-50-48-30-16-14-28-46(48)47-29-15-17-31-49(47)50)75(58(79)51(67)38-43-22-8-5-9-23-43)60(81)54(40-45-26-12-7-13-27-45)72-57(78)55-33-20-37-74(55)59(80)52(32-18-19-35-66)71-56(77)53(69-4)39-44-24-10-6-11-25-44/h6-7,10-17,24-31,42-43,50-55,69H,5,8-9,18-23,32-41,66-67H2,1-4H3,(H,71,77)(H,72,78)(H3,68,70,73,83)/t51-,52+,53+,54+,55+,65+/m1/s1. The molecule has 7 rings (SSSR count). The van der Waals surface area contributed by atoms with Gasteiger partial charge >= 0.3 is 12.1 Å². The zero-order valence-corrected chi connectivity index (χ0v) is 49.6. The molecule has 10 N–H and O–H groups in total. The number of amides is 6. The summed E-state index contributed by atoms with van der Waals surface area (Å²) < 4.78 is 11.6. The highest BCUT2D eigenvalue weighted by molar-refractivity contribution is 6.12. The number of rotatable bonds is 27. The number of esters is 1. The van der Waals surface area contributed by atoms with Crippen molar-refractivity contribution in [2.45, 2.75) is 164 Å². The Kier molecular flexibility index (Phi) is 23.5. The second-order valence-electron chi connectivity index (χ2n) is 23.5. The fourth-order valence-corrected chi connectivity index (χ4v) is 11.9. The Morgan fingerprint density at radius 2 is 1.34 bits per heavy atom. The summed E-state index contributed by atoms with van der Waals surface area (Å²) in [5.74, 6) is -5.81. The predicted octanol–water partition coefficient (Wildman–Crippen LogP) is 5.72. The highest BCUT2D eigenvalue weighted by atomic mass is 16.6. The van der Waals surface area contributed by atoms with E-state index in [1.807, 2.05) is 78.9 Å². The van der Waals surface area contributed by atoms with Crippen molar-refractivity contribution in [1.29, 1.82) is 0 Å². The zero-order valence-electron chi connectivity index (χ0n) is 49.6.